The number of methoxy groups -OCH3 is 1. The van der Waals surface area contributed by atoms with Crippen LogP contribution >= 0.6 is 0 Å². The molecule has 66 valence electrons. The van der Waals surface area contributed by atoms with Crippen LogP contribution in [0.3, 0.4) is 0 Å². The Morgan fingerprint density at radius 3 is 2.67 bits per heavy atom. The molecule has 0 aliphatic carbocycles. The van der Waals surface area contributed by atoms with Gasteiger partial charge in [-0.25, -0.2) is 4.39 Å². The molecule has 0 fully saturated rings. The Labute approximate surface area is 72.2 Å². The minimum atomic E-state index is -0.151. The van der Waals surface area contributed by atoms with Crippen LogP contribution in [-0.2, 0) is 11.2 Å². The lowest BCUT2D eigenvalue weighted by molar-refractivity contribution is 0.118. The van der Waals surface area contributed by atoms with Crippen molar-refractivity contribution in [3.63, 3.8) is 0 Å². The standard InChI is InChI=1S/C10H13FO/c1-8(12-2)7-9-5-3-4-6-10(9)11/h3-6,8H,7H2,1-2H3. The second-order valence-corrected chi connectivity index (χ2v) is 2.84. The van der Waals surface area contributed by atoms with Crippen molar-refractivity contribution in [3.8, 4) is 0 Å². The molecule has 1 aromatic carbocycles. The smallest absolute Gasteiger partial charge is 0.126 e. The molecule has 1 aromatic rings. The minimum absolute atomic E-state index is 0.0712. The van der Waals surface area contributed by atoms with E-state index in [9.17, 15) is 4.39 Å². The normalized spacial score (nSPS) is 12.9. The molecule has 0 N–H and O–H groups in total. The third-order valence-electron chi connectivity index (χ3n) is 1.87. The first kappa shape index (κ1) is 9.20. The van der Waals surface area contributed by atoms with Gasteiger partial charge in [-0.2, -0.15) is 0 Å². The van der Waals surface area contributed by atoms with E-state index in [1.54, 1.807) is 19.2 Å². The zero-order valence-corrected chi connectivity index (χ0v) is 7.38. The molecule has 0 heterocycles. The van der Waals surface area contributed by atoms with Crippen LogP contribution in [0.2, 0.25) is 0 Å². The quantitative estimate of drug-likeness (QED) is 0.673. The van der Waals surface area contributed by atoms with Crippen molar-refractivity contribution in [1.29, 1.82) is 0 Å². The number of ether oxygens (including phenoxy) is 1. The molecule has 0 saturated carbocycles. The van der Waals surface area contributed by atoms with Crippen molar-refractivity contribution >= 4 is 0 Å². The van der Waals surface area contributed by atoms with Gasteiger partial charge in [0.15, 0.2) is 0 Å². The Morgan fingerprint density at radius 2 is 2.08 bits per heavy atom. The lowest BCUT2D eigenvalue weighted by Gasteiger charge is -2.09. The topological polar surface area (TPSA) is 9.23 Å². The van der Waals surface area contributed by atoms with Crippen LogP contribution < -0.4 is 0 Å². The summed E-state index contributed by atoms with van der Waals surface area (Å²) in [5.74, 6) is -0.151. The second kappa shape index (κ2) is 4.21. The van der Waals surface area contributed by atoms with E-state index in [2.05, 4.69) is 0 Å². The number of benzene rings is 1. The molecule has 1 unspecified atom stereocenters. The predicted octanol–water partition coefficient (Wildman–Crippen LogP) is 2.40. The highest BCUT2D eigenvalue weighted by Crippen LogP contribution is 2.09. The van der Waals surface area contributed by atoms with Crippen LogP contribution in [-0.4, -0.2) is 13.2 Å². The van der Waals surface area contributed by atoms with Gasteiger partial charge in [0.05, 0.1) is 6.10 Å². The van der Waals surface area contributed by atoms with Gasteiger partial charge in [0.1, 0.15) is 5.82 Å². The van der Waals surface area contributed by atoms with Gasteiger partial charge in [0.25, 0.3) is 0 Å². The van der Waals surface area contributed by atoms with Gasteiger partial charge in [0.2, 0.25) is 0 Å². The number of hydrogen-bond acceptors (Lipinski definition) is 1. The van der Waals surface area contributed by atoms with E-state index in [1.807, 2.05) is 13.0 Å². The summed E-state index contributed by atoms with van der Waals surface area (Å²) in [6.45, 7) is 1.92. The lowest BCUT2D eigenvalue weighted by Crippen LogP contribution is -2.09. The molecule has 0 aromatic heterocycles. The molecule has 0 aliphatic heterocycles. The monoisotopic (exact) mass is 168 g/mol. The fourth-order valence-corrected chi connectivity index (χ4v) is 1.06. The first-order valence-corrected chi connectivity index (χ1v) is 4.00. The van der Waals surface area contributed by atoms with Crippen LogP contribution in [0.1, 0.15) is 12.5 Å². The Kier molecular flexibility index (Phi) is 3.23. The van der Waals surface area contributed by atoms with Crippen LogP contribution in [0.15, 0.2) is 24.3 Å². The van der Waals surface area contributed by atoms with Gasteiger partial charge in [-0.05, 0) is 18.6 Å². The molecule has 0 bridgehead atoms. The highest BCUT2D eigenvalue weighted by Gasteiger charge is 2.05. The van der Waals surface area contributed by atoms with Crippen molar-refractivity contribution in [2.45, 2.75) is 19.4 Å². The first-order chi connectivity index (χ1) is 5.74. The lowest BCUT2D eigenvalue weighted by atomic mass is 10.1. The Morgan fingerprint density at radius 1 is 1.42 bits per heavy atom. The summed E-state index contributed by atoms with van der Waals surface area (Å²) in [4.78, 5) is 0. The van der Waals surface area contributed by atoms with Gasteiger partial charge < -0.3 is 4.74 Å². The molecule has 0 amide bonds. The molecule has 0 radical (unpaired) electrons. The molecule has 0 aliphatic rings. The van der Waals surface area contributed by atoms with Crippen molar-refractivity contribution < 1.29 is 9.13 Å². The van der Waals surface area contributed by atoms with E-state index in [-0.39, 0.29) is 11.9 Å². The third-order valence-corrected chi connectivity index (χ3v) is 1.87. The van der Waals surface area contributed by atoms with Crippen LogP contribution in [0.5, 0.6) is 0 Å². The molecule has 1 rings (SSSR count). The predicted molar refractivity (Wildman–Crippen MR) is 46.6 cm³/mol. The minimum Gasteiger partial charge on any atom is -0.381 e. The van der Waals surface area contributed by atoms with Crippen molar-refractivity contribution in [1.82, 2.24) is 0 Å². The average molecular weight is 168 g/mol. The van der Waals surface area contributed by atoms with Crippen LogP contribution in [0.25, 0.3) is 0 Å². The maximum Gasteiger partial charge on any atom is 0.126 e. The molecular formula is C10H13FO. The van der Waals surface area contributed by atoms with Gasteiger partial charge in [-0.3, -0.25) is 0 Å². The Bertz CT molecular complexity index is 247. The summed E-state index contributed by atoms with van der Waals surface area (Å²) in [6, 6.07) is 6.78. The van der Waals surface area contributed by atoms with E-state index in [0.717, 1.165) is 0 Å². The average Bonchev–Trinajstić information content (AvgIpc) is 2.09. The van der Waals surface area contributed by atoms with Crippen LogP contribution in [0.4, 0.5) is 4.39 Å². The van der Waals surface area contributed by atoms with Crippen molar-refractivity contribution in [3.05, 3.63) is 35.6 Å². The maximum atomic E-state index is 13.0. The summed E-state index contributed by atoms with van der Waals surface area (Å²) >= 11 is 0. The summed E-state index contributed by atoms with van der Waals surface area (Å²) in [6.07, 6.45) is 0.699. The largest absolute Gasteiger partial charge is 0.381 e. The highest BCUT2D eigenvalue weighted by atomic mass is 19.1. The summed E-state index contributed by atoms with van der Waals surface area (Å²) < 4.78 is 18.1. The van der Waals surface area contributed by atoms with Crippen LogP contribution in [0, 0.1) is 5.82 Å². The van der Waals surface area contributed by atoms with Gasteiger partial charge in [-0.1, -0.05) is 18.2 Å². The molecule has 1 atom stereocenters. The van der Waals surface area contributed by atoms with Gasteiger partial charge in [0, 0.05) is 13.5 Å². The fraction of sp³-hybridized carbons (Fsp3) is 0.400. The molecule has 0 spiro atoms. The SMILES string of the molecule is COC(C)Cc1ccccc1F. The highest BCUT2D eigenvalue weighted by molar-refractivity contribution is 5.17. The zero-order chi connectivity index (χ0) is 8.97. The third kappa shape index (κ3) is 2.31. The number of halogens is 1. The van der Waals surface area contributed by atoms with E-state index in [1.165, 1.54) is 6.07 Å². The second-order valence-electron chi connectivity index (χ2n) is 2.84. The van der Waals surface area contributed by atoms with Crippen molar-refractivity contribution in [2.24, 2.45) is 0 Å². The molecule has 1 nitrogen and oxygen atoms in total. The summed E-state index contributed by atoms with van der Waals surface area (Å²) in [5.41, 5.74) is 0.715. The molecule has 2 heteroatoms. The summed E-state index contributed by atoms with van der Waals surface area (Å²) in [5, 5.41) is 0. The van der Waals surface area contributed by atoms with Gasteiger partial charge in [-0.15, -0.1) is 0 Å². The number of hydrogen-bond donors (Lipinski definition) is 0. The Hall–Kier alpha value is -0.890. The first-order valence-electron chi connectivity index (χ1n) is 4.00. The molecule has 0 saturated heterocycles. The van der Waals surface area contributed by atoms with E-state index < -0.39 is 0 Å². The molecular weight excluding hydrogens is 155 g/mol. The van der Waals surface area contributed by atoms with Crippen molar-refractivity contribution in [2.75, 3.05) is 7.11 Å². The fourth-order valence-electron chi connectivity index (χ4n) is 1.06. The van der Waals surface area contributed by atoms with E-state index >= 15 is 0 Å². The number of rotatable bonds is 3. The van der Waals surface area contributed by atoms with E-state index in [4.69, 9.17) is 4.74 Å². The van der Waals surface area contributed by atoms with E-state index in [0.29, 0.717) is 12.0 Å². The molecule has 12 heavy (non-hydrogen) atoms. The zero-order valence-electron chi connectivity index (χ0n) is 7.38. The Balaban J connectivity index is 2.69. The van der Waals surface area contributed by atoms with Gasteiger partial charge >= 0.3 is 0 Å². The summed E-state index contributed by atoms with van der Waals surface area (Å²) in [7, 11) is 1.63. The maximum absolute atomic E-state index is 13.0.